The van der Waals surface area contributed by atoms with Crippen LogP contribution >= 0.6 is 0 Å². The van der Waals surface area contributed by atoms with Crippen LogP contribution in [0.4, 0.5) is 5.69 Å². The molecule has 0 saturated heterocycles. The van der Waals surface area contributed by atoms with Crippen LogP contribution in [-0.2, 0) is 10.0 Å². The Bertz CT molecular complexity index is 646. The van der Waals surface area contributed by atoms with Crippen molar-refractivity contribution in [3.8, 4) is 0 Å². The van der Waals surface area contributed by atoms with Gasteiger partial charge in [-0.25, -0.2) is 13.4 Å². The number of allylic oxidation sites excluding steroid dienone is 1. The molecule has 5 nitrogen and oxygen atoms in total. The lowest BCUT2D eigenvalue weighted by Crippen LogP contribution is -2.23. The summed E-state index contributed by atoms with van der Waals surface area (Å²) in [4.78, 5) is 4.50. The molecule has 0 atom stereocenters. The summed E-state index contributed by atoms with van der Waals surface area (Å²) in [6.07, 6.45) is 5.68. The molecule has 2 rings (SSSR count). The highest BCUT2D eigenvalue weighted by atomic mass is 32.2. The summed E-state index contributed by atoms with van der Waals surface area (Å²) >= 11 is 0. The van der Waals surface area contributed by atoms with E-state index in [9.17, 15) is 8.42 Å². The minimum atomic E-state index is -3.60. The van der Waals surface area contributed by atoms with Crippen LogP contribution in [0.15, 0.2) is 45.5 Å². The smallest absolute Gasteiger partial charge is 0.263 e. The van der Waals surface area contributed by atoms with Gasteiger partial charge in [-0.15, -0.1) is 0 Å². The summed E-state index contributed by atoms with van der Waals surface area (Å²) in [5, 5.41) is 2.96. The van der Waals surface area contributed by atoms with Crippen molar-refractivity contribution >= 4 is 21.9 Å². The second kappa shape index (κ2) is 6.76. The maximum absolute atomic E-state index is 12.4. The van der Waals surface area contributed by atoms with E-state index in [4.69, 9.17) is 0 Å². The topological polar surface area (TPSA) is 70.6 Å². The normalized spacial score (nSPS) is 21.2. The van der Waals surface area contributed by atoms with Crippen molar-refractivity contribution in [1.82, 2.24) is 4.72 Å². The number of rotatable bonds is 4. The Kier molecular flexibility index (Phi) is 5.01. The molecule has 6 heteroatoms. The molecule has 0 saturated carbocycles. The third-order valence-electron chi connectivity index (χ3n) is 3.44. The molecule has 0 fully saturated rings. The van der Waals surface area contributed by atoms with E-state index in [2.05, 4.69) is 15.0 Å². The van der Waals surface area contributed by atoms with E-state index in [0.717, 1.165) is 36.9 Å². The van der Waals surface area contributed by atoms with Crippen LogP contribution in [0.3, 0.4) is 0 Å². The van der Waals surface area contributed by atoms with Gasteiger partial charge in [0, 0.05) is 18.9 Å². The first-order chi connectivity index (χ1) is 10.0. The van der Waals surface area contributed by atoms with Crippen molar-refractivity contribution in [2.45, 2.75) is 37.5 Å². The Morgan fingerprint density at radius 3 is 2.52 bits per heavy atom. The molecule has 1 aliphatic rings. The molecule has 1 aromatic rings. The number of hydrogen-bond donors (Lipinski definition) is 2. The molecule has 0 radical (unpaired) electrons. The predicted octanol–water partition coefficient (Wildman–Crippen LogP) is 2.88. The van der Waals surface area contributed by atoms with Crippen LogP contribution in [0, 0.1) is 0 Å². The van der Waals surface area contributed by atoms with E-state index in [-0.39, 0.29) is 4.90 Å². The van der Waals surface area contributed by atoms with Crippen LogP contribution in [0.5, 0.6) is 0 Å². The zero-order valence-corrected chi connectivity index (χ0v) is 13.2. The van der Waals surface area contributed by atoms with Crippen molar-refractivity contribution in [1.29, 1.82) is 0 Å². The molecule has 1 aromatic carbocycles. The van der Waals surface area contributed by atoms with Gasteiger partial charge >= 0.3 is 0 Å². The minimum Gasteiger partial charge on any atom is -0.388 e. The number of nitrogens with one attached hydrogen (secondary N) is 2. The van der Waals surface area contributed by atoms with Crippen molar-refractivity contribution < 1.29 is 8.42 Å². The van der Waals surface area contributed by atoms with Gasteiger partial charge in [0.1, 0.15) is 5.82 Å². The number of sulfonamides is 1. The average molecular weight is 307 g/mol. The SMILES string of the molecule is CNc1ccc(S(=O)(=O)NC2=C(/C)CCCC/C=N\2)cc1. The lowest BCUT2D eigenvalue weighted by molar-refractivity contribution is 0.587. The van der Waals surface area contributed by atoms with Gasteiger partial charge in [-0.05, 0) is 62.4 Å². The summed E-state index contributed by atoms with van der Waals surface area (Å²) in [6.45, 7) is 1.92. The molecule has 114 valence electrons. The quantitative estimate of drug-likeness (QED) is 0.898. The van der Waals surface area contributed by atoms with Crippen LogP contribution in [-0.4, -0.2) is 21.7 Å². The summed E-state index contributed by atoms with van der Waals surface area (Å²) in [5.74, 6) is 0.451. The molecule has 0 aliphatic carbocycles. The fraction of sp³-hybridized carbons (Fsp3) is 0.400. The molecule has 0 bridgehead atoms. The molecule has 1 aliphatic heterocycles. The van der Waals surface area contributed by atoms with Crippen LogP contribution < -0.4 is 10.0 Å². The number of anilines is 1. The van der Waals surface area contributed by atoms with Gasteiger partial charge < -0.3 is 5.32 Å². The molecule has 2 N–H and O–H groups in total. The first-order valence-corrected chi connectivity index (χ1v) is 8.54. The predicted molar refractivity (Wildman–Crippen MR) is 86.0 cm³/mol. The Morgan fingerprint density at radius 2 is 1.86 bits per heavy atom. The molecule has 0 aromatic heterocycles. The molecule has 0 spiro atoms. The first-order valence-electron chi connectivity index (χ1n) is 7.06. The molecular formula is C15H21N3O2S. The zero-order chi connectivity index (χ0) is 15.3. The van der Waals surface area contributed by atoms with Crippen LogP contribution in [0.1, 0.15) is 32.6 Å². The molecule has 0 amide bonds. The Morgan fingerprint density at radius 1 is 1.14 bits per heavy atom. The first kappa shape index (κ1) is 15.6. The molecule has 1 heterocycles. The summed E-state index contributed by atoms with van der Waals surface area (Å²) < 4.78 is 27.4. The highest BCUT2D eigenvalue weighted by Crippen LogP contribution is 2.19. The third kappa shape index (κ3) is 4.07. The largest absolute Gasteiger partial charge is 0.388 e. The number of aliphatic imine (C=N–C) groups is 1. The van der Waals surface area contributed by atoms with Gasteiger partial charge in [0.25, 0.3) is 10.0 Å². The number of benzene rings is 1. The maximum Gasteiger partial charge on any atom is 0.263 e. The lowest BCUT2D eigenvalue weighted by Gasteiger charge is -2.13. The Labute approximate surface area is 126 Å². The van der Waals surface area contributed by atoms with Gasteiger partial charge in [0.15, 0.2) is 0 Å². The molecule has 0 unspecified atom stereocenters. The monoisotopic (exact) mass is 307 g/mol. The maximum atomic E-state index is 12.4. The number of nitrogens with zero attached hydrogens (tertiary/aromatic N) is 1. The van der Waals surface area contributed by atoms with Gasteiger partial charge in [-0.2, -0.15) is 0 Å². The zero-order valence-electron chi connectivity index (χ0n) is 12.4. The standard InChI is InChI=1S/C15H21N3O2S/c1-12-6-4-3-5-11-17-15(12)18-21(19,20)14-9-7-13(16-2)8-10-14/h7-11,16,18H,3-6H2,1-2H3/b15-12-,17-11-. The Hall–Kier alpha value is -1.82. The highest BCUT2D eigenvalue weighted by Gasteiger charge is 2.16. The lowest BCUT2D eigenvalue weighted by atomic mass is 10.1. The molecule has 21 heavy (non-hydrogen) atoms. The fourth-order valence-corrected chi connectivity index (χ4v) is 3.20. The van der Waals surface area contributed by atoms with Crippen LogP contribution in [0.2, 0.25) is 0 Å². The van der Waals surface area contributed by atoms with Gasteiger partial charge in [0.05, 0.1) is 4.90 Å². The van der Waals surface area contributed by atoms with Crippen LogP contribution in [0.25, 0.3) is 0 Å². The highest BCUT2D eigenvalue weighted by molar-refractivity contribution is 7.89. The van der Waals surface area contributed by atoms with Crippen molar-refractivity contribution in [3.63, 3.8) is 0 Å². The summed E-state index contributed by atoms with van der Waals surface area (Å²) in [5.41, 5.74) is 1.84. The van der Waals surface area contributed by atoms with Gasteiger partial charge in [-0.1, -0.05) is 0 Å². The average Bonchev–Trinajstić information content (AvgIpc) is 2.47. The molecular weight excluding hydrogens is 286 g/mol. The summed E-state index contributed by atoms with van der Waals surface area (Å²) in [7, 11) is -1.80. The Balaban J connectivity index is 2.24. The van der Waals surface area contributed by atoms with E-state index < -0.39 is 10.0 Å². The van der Waals surface area contributed by atoms with E-state index in [1.807, 2.05) is 6.92 Å². The van der Waals surface area contributed by atoms with E-state index in [1.165, 1.54) is 0 Å². The summed E-state index contributed by atoms with van der Waals surface area (Å²) in [6, 6.07) is 6.63. The van der Waals surface area contributed by atoms with E-state index >= 15 is 0 Å². The van der Waals surface area contributed by atoms with Crippen molar-refractivity contribution in [2.75, 3.05) is 12.4 Å². The van der Waals surface area contributed by atoms with E-state index in [0.29, 0.717) is 5.82 Å². The van der Waals surface area contributed by atoms with Crippen molar-refractivity contribution in [2.24, 2.45) is 4.99 Å². The van der Waals surface area contributed by atoms with E-state index in [1.54, 1.807) is 37.5 Å². The van der Waals surface area contributed by atoms with Crippen molar-refractivity contribution in [3.05, 3.63) is 35.7 Å². The second-order valence-electron chi connectivity index (χ2n) is 5.07. The second-order valence-corrected chi connectivity index (χ2v) is 6.75. The fourth-order valence-electron chi connectivity index (χ4n) is 2.11. The van der Waals surface area contributed by atoms with Gasteiger partial charge in [-0.3, -0.25) is 4.72 Å². The third-order valence-corrected chi connectivity index (χ3v) is 4.80. The minimum absolute atomic E-state index is 0.235. The van der Waals surface area contributed by atoms with Gasteiger partial charge in [0.2, 0.25) is 0 Å². The number of hydrogen-bond acceptors (Lipinski definition) is 4.